The third-order valence-electron chi connectivity index (χ3n) is 3.12. The van der Waals surface area contributed by atoms with Gasteiger partial charge < -0.3 is 9.84 Å². The summed E-state index contributed by atoms with van der Waals surface area (Å²) in [5.74, 6) is -0.993. The van der Waals surface area contributed by atoms with Gasteiger partial charge in [-0.2, -0.15) is 0 Å². The quantitative estimate of drug-likeness (QED) is 0.871. The molecule has 0 saturated heterocycles. The summed E-state index contributed by atoms with van der Waals surface area (Å²) in [4.78, 5) is 14.8. The van der Waals surface area contributed by atoms with Gasteiger partial charge in [0.15, 0.2) is 5.69 Å². The number of ether oxygens (including phenoxy) is 1. The van der Waals surface area contributed by atoms with E-state index in [-0.39, 0.29) is 11.8 Å². The lowest BCUT2D eigenvalue weighted by Crippen LogP contribution is -2.17. The Kier molecular flexibility index (Phi) is 4.09. The van der Waals surface area contributed by atoms with Gasteiger partial charge in [-0.1, -0.05) is 25.3 Å². The lowest BCUT2D eigenvalue weighted by molar-refractivity contribution is 0.0160. The molecule has 1 fully saturated rings. The van der Waals surface area contributed by atoms with E-state index in [1.807, 2.05) is 0 Å². The standard InChI is InChI=1S/C13H17NO3/c15-13(16)12-10(5-4-8-14-12)9-17-11-6-2-1-3-7-11/h4-5,8,11H,1-3,6-7,9H2,(H,15,16). The first kappa shape index (κ1) is 12.0. The van der Waals surface area contributed by atoms with Crippen molar-refractivity contribution in [2.75, 3.05) is 0 Å². The Morgan fingerprint density at radius 3 is 2.88 bits per heavy atom. The summed E-state index contributed by atoms with van der Waals surface area (Å²) in [5, 5.41) is 8.98. The monoisotopic (exact) mass is 235 g/mol. The fourth-order valence-corrected chi connectivity index (χ4v) is 2.19. The van der Waals surface area contributed by atoms with Crippen molar-refractivity contribution in [3.63, 3.8) is 0 Å². The number of carbonyl (C=O) groups is 1. The predicted molar refractivity (Wildman–Crippen MR) is 62.9 cm³/mol. The average molecular weight is 235 g/mol. The van der Waals surface area contributed by atoms with Gasteiger partial charge in [0.25, 0.3) is 0 Å². The van der Waals surface area contributed by atoms with Crippen LogP contribution in [0, 0.1) is 0 Å². The van der Waals surface area contributed by atoms with Crippen molar-refractivity contribution in [1.82, 2.24) is 4.98 Å². The van der Waals surface area contributed by atoms with Crippen LogP contribution < -0.4 is 0 Å². The summed E-state index contributed by atoms with van der Waals surface area (Å²) in [5.41, 5.74) is 0.758. The number of nitrogens with zero attached hydrogens (tertiary/aromatic N) is 1. The Bertz CT molecular complexity index is 386. The van der Waals surface area contributed by atoms with E-state index in [1.165, 1.54) is 25.5 Å². The molecule has 4 nitrogen and oxygen atoms in total. The molecular weight excluding hydrogens is 218 g/mol. The van der Waals surface area contributed by atoms with Crippen molar-refractivity contribution in [1.29, 1.82) is 0 Å². The van der Waals surface area contributed by atoms with Crippen LogP contribution in [0.1, 0.15) is 48.2 Å². The fraction of sp³-hybridized carbons (Fsp3) is 0.538. The van der Waals surface area contributed by atoms with Crippen molar-refractivity contribution in [2.45, 2.75) is 44.8 Å². The van der Waals surface area contributed by atoms with Gasteiger partial charge in [0.2, 0.25) is 0 Å². The van der Waals surface area contributed by atoms with Crippen LogP contribution in [0.15, 0.2) is 18.3 Å². The Morgan fingerprint density at radius 2 is 2.18 bits per heavy atom. The number of rotatable bonds is 4. The zero-order valence-electron chi connectivity index (χ0n) is 9.76. The van der Waals surface area contributed by atoms with Crippen LogP contribution >= 0.6 is 0 Å². The highest BCUT2D eigenvalue weighted by molar-refractivity contribution is 5.86. The molecule has 0 atom stereocenters. The van der Waals surface area contributed by atoms with Crippen molar-refractivity contribution in [3.05, 3.63) is 29.6 Å². The van der Waals surface area contributed by atoms with Crippen molar-refractivity contribution < 1.29 is 14.6 Å². The largest absolute Gasteiger partial charge is 0.477 e. The van der Waals surface area contributed by atoms with Crippen molar-refractivity contribution >= 4 is 5.97 Å². The highest BCUT2D eigenvalue weighted by Gasteiger charge is 2.16. The molecule has 0 spiro atoms. The van der Waals surface area contributed by atoms with E-state index >= 15 is 0 Å². The number of aromatic nitrogens is 1. The molecule has 1 saturated carbocycles. The molecule has 1 aliphatic rings. The smallest absolute Gasteiger partial charge is 0.354 e. The normalized spacial score (nSPS) is 16.9. The number of hydrogen-bond donors (Lipinski definition) is 1. The van der Waals surface area contributed by atoms with Gasteiger partial charge in [0, 0.05) is 11.8 Å². The fourth-order valence-electron chi connectivity index (χ4n) is 2.19. The van der Waals surface area contributed by atoms with Crippen molar-refractivity contribution in [3.8, 4) is 0 Å². The first-order valence-corrected chi connectivity index (χ1v) is 6.06. The van der Waals surface area contributed by atoms with Crippen LogP contribution in [0.25, 0.3) is 0 Å². The van der Waals surface area contributed by atoms with Gasteiger partial charge in [0.05, 0.1) is 12.7 Å². The van der Waals surface area contributed by atoms with Crippen LogP contribution in [0.2, 0.25) is 0 Å². The first-order chi connectivity index (χ1) is 8.27. The Balaban J connectivity index is 1.96. The molecule has 0 bridgehead atoms. The summed E-state index contributed by atoms with van der Waals surface area (Å²) in [6.45, 7) is 0.347. The number of aromatic carboxylic acids is 1. The summed E-state index contributed by atoms with van der Waals surface area (Å²) in [6, 6.07) is 3.51. The molecule has 2 rings (SSSR count). The van der Waals surface area contributed by atoms with Gasteiger partial charge in [-0.15, -0.1) is 0 Å². The van der Waals surface area contributed by atoms with Gasteiger partial charge in [-0.3, -0.25) is 0 Å². The molecule has 1 aliphatic carbocycles. The highest BCUT2D eigenvalue weighted by Crippen LogP contribution is 2.21. The van der Waals surface area contributed by atoms with Crippen LogP contribution in [-0.2, 0) is 11.3 Å². The third-order valence-corrected chi connectivity index (χ3v) is 3.12. The topological polar surface area (TPSA) is 59.4 Å². The van der Waals surface area contributed by atoms with E-state index in [0.29, 0.717) is 12.2 Å². The summed E-state index contributed by atoms with van der Waals surface area (Å²) >= 11 is 0. The number of hydrogen-bond acceptors (Lipinski definition) is 3. The lowest BCUT2D eigenvalue weighted by atomic mass is 9.98. The van der Waals surface area contributed by atoms with Gasteiger partial charge >= 0.3 is 5.97 Å². The molecule has 0 aromatic carbocycles. The zero-order chi connectivity index (χ0) is 12.1. The first-order valence-electron chi connectivity index (χ1n) is 6.06. The molecule has 1 aromatic rings. The summed E-state index contributed by atoms with van der Waals surface area (Å²) in [7, 11) is 0. The molecular formula is C13H17NO3. The van der Waals surface area contributed by atoms with Crippen LogP contribution in [0.5, 0.6) is 0 Å². The van der Waals surface area contributed by atoms with Crippen LogP contribution in [0.4, 0.5) is 0 Å². The van der Waals surface area contributed by atoms with E-state index in [9.17, 15) is 4.79 Å². The number of carboxylic acid groups (broad SMARTS) is 1. The molecule has 0 radical (unpaired) electrons. The Morgan fingerprint density at radius 1 is 1.41 bits per heavy atom. The molecule has 17 heavy (non-hydrogen) atoms. The molecule has 1 N–H and O–H groups in total. The second-order valence-electron chi connectivity index (χ2n) is 4.39. The molecule has 0 amide bonds. The van der Waals surface area contributed by atoms with Gasteiger partial charge in [0.1, 0.15) is 0 Å². The minimum absolute atomic E-state index is 0.100. The minimum Gasteiger partial charge on any atom is -0.477 e. The van der Waals surface area contributed by atoms with Gasteiger partial charge in [-0.05, 0) is 18.9 Å². The molecule has 0 unspecified atom stereocenters. The molecule has 4 heteroatoms. The maximum Gasteiger partial charge on any atom is 0.354 e. The van der Waals surface area contributed by atoms with E-state index in [2.05, 4.69) is 4.98 Å². The minimum atomic E-state index is -0.993. The SMILES string of the molecule is O=C(O)c1ncccc1COC1CCCCC1. The summed E-state index contributed by atoms with van der Waals surface area (Å²) in [6.07, 6.45) is 7.66. The average Bonchev–Trinajstić information content (AvgIpc) is 2.38. The molecule has 1 heterocycles. The van der Waals surface area contributed by atoms with E-state index in [1.54, 1.807) is 12.1 Å². The summed E-state index contributed by atoms with van der Waals surface area (Å²) < 4.78 is 5.76. The van der Waals surface area contributed by atoms with Crippen LogP contribution in [0.3, 0.4) is 0 Å². The number of pyridine rings is 1. The third kappa shape index (κ3) is 3.27. The molecule has 0 aliphatic heterocycles. The predicted octanol–water partition coefficient (Wildman–Crippen LogP) is 2.63. The molecule has 92 valence electrons. The zero-order valence-corrected chi connectivity index (χ0v) is 9.76. The van der Waals surface area contributed by atoms with E-state index < -0.39 is 5.97 Å². The maximum atomic E-state index is 11.0. The second-order valence-corrected chi connectivity index (χ2v) is 4.39. The molecule has 1 aromatic heterocycles. The maximum absolute atomic E-state index is 11.0. The van der Waals surface area contributed by atoms with Crippen molar-refractivity contribution in [2.24, 2.45) is 0 Å². The van der Waals surface area contributed by atoms with E-state index in [0.717, 1.165) is 12.8 Å². The number of carboxylic acids is 1. The van der Waals surface area contributed by atoms with Gasteiger partial charge in [-0.25, -0.2) is 9.78 Å². The highest BCUT2D eigenvalue weighted by atomic mass is 16.5. The van der Waals surface area contributed by atoms with Crippen LogP contribution in [-0.4, -0.2) is 22.2 Å². The Labute approximate surface area is 101 Å². The van der Waals surface area contributed by atoms with E-state index in [4.69, 9.17) is 9.84 Å². The Hall–Kier alpha value is -1.42. The lowest BCUT2D eigenvalue weighted by Gasteiger charge is -2.22. The second kappa shape index (κ2) is 5.77.